The summed E-state index contributed by atoms with van der Waals surface area (Å²) < 4.78 is 19.2. The van der Waals surface area contributed by atoms with Crippen LogP contribution in [0.4, 0.5) is 10.1 Å². The van der Waals surface area contributed by atoms with E-state index in [1.54, 1.807) is 6.07 Å². The summed E-state index contributed by atoms with van der Waals surface area (Å²) in [5, 5.41) is 4.28. The molecule has 0 saturated carbocycles. The van der Waals surface area contributed by atoms with Gasteiger partial charge in [-0.25, -0.2) is 9.37 Å². The quantitative estimate of drug-likeness (QED) is 0.862. The van der Waals surface area contributed by atoms with Gasteiger partial charge in [0.1, 0.15) is 11.3 Å². The number of benzene rings is 1. The molecule has 1 saturated heterocycles. The fourth-order valence-electron chi connectivity index (χ4n) is 2.84. The first-order valence-electron chi connectivity index (χ1n) is 7.84. The number of ether oxygens (including phenoxy) is 1. The van der Waals surface area contributed by atoms with Crippen molar-refractivity contribution in [2.75, 3.05) is 44.7 Å². The predicted octanol–water partition coefficient (Wildman–Crippen LogP) is 2.82. The number of halogens is 1. The molecular formula is C17H22FN3O. The van der Waals surface area contributed by atoms with Crippen LogP contribution in [0.5, 0.6) is 0 Å². The number of para-hydroxylation sites is 1. The number of nitrogens with one attached hydrogen (secondary N) is 1. The largest absolute Gasteiger partial charge is 0.384 e. The van der Waals surface area contributed by atoms with E-state index in [0.717, 1.165) is 62.6 Å². The van der Waals surface area contributed by atoms with Gasteiger partial charge in [0.2, 0.25) is 0 Å². The van der Waals surface area contributed by atoms with E-state index in [-0.39, 0.29) is 5.82 Å². The average molecular weight is 303 g/mol. The van der Waals surface area contributed by atoms with Crippen LogP contribution >= 0.6 is 0 Å². The number of fused-ring (bicyclic) bond motifs is 1. The van der Waals surface area contributed by atoms with E-state index < -0.39 is 0 Å². The molecule has 1 aromatic carbocycles. The Morgan fingerprint density at radius 1 is 1.32 bits per heavy atom. The standard InChI is InChI=1S/C17H22FN3O/c1-13-12-16(14-4-2-5-15(18)17(14)20-13)19-6-3-7-21-8-10-22-11-9-21/h2,4-5,12H,3,6-11H2,1H3,(H,19,20). The molecule has 1 aromatic heterocycles. The molecule has 3 rings (SSSR count). The number of hydrogen-bond donors (Lipinski definition) is 1. The van der Waals surface area contributed by atoms with Crippen molar-refractivity contribution < 1.29 is 9.13 Å². The van der Waals surface area contributed by atoms with E-state index in [1.807, 2.05) is 19.1 Å². The van der Waals surface area contributed by atoms with Crippen LogP contribution in [0.2, 0.25) is 0 Å². The van der Waals surface area contributed by atoms with Crippen LogP contribution in [-0.2, 0) is 4.74 Å². The third-order valence-corrected chi connectivity index (χ3v) is 3.99. The minimum Gasteiger partial charge on any atom is -0.384 e. The van der Waals surface area contributed by atoms with Gasteiger partial charge in [0, 0.05) is 36.4 Å². The first-order valence-corrected chi connectivity index (χ1v) is 7.84. The SMILES string of the molecule is Cc1cc(NCCCN2CCOCC2)c2cccc(F)c2n1. The molecule has 0 unspecified atom stereocenters. The second kappa shape index (κ2) is 7.03. The van der Waals surface area contributed by atoms with Crippen molar-refractivity contribution in [3.63, 3.8) is 0 Å². The molecule has 0 bridgehead atoms. The summed E-state index contributed by atoms with van der Waals surface area (Å²) in [6.07, 6.45) is 1.05. The lowest BCUT2D eigenvalue weighted by atomic mass is 10.1. The van der Waals surface area contributed by atoms with Gasteiger partial charge >= 0.3 is 0 Å². The van der Waals surface area contributed by atoms with Crippen LogP contribution in [0.15, 0.2) is 24.3 Å². The van der Waals surface area contributed by atoms with E-state index in [0.29, 0.717) is 5.52 Å². The van der Waals surface area contributed by atoms with Gasteiger partial charge in [-0.2, -0.15) is 0 Å². The first kappa shape index (κ1) is 15.2. The van der Waals surface area contributed by atoms with E-state index >= 15 is 0 Å². The van der Waals surface area contributed by atoms with E-state index in [4.69, 9.17) is 4.74 Å². The van der Waals surface area contributed by atoms with Gasteiger partial charge in [-0.1, -0.05) is 12.1 Å². The number of anilines is 1. The molecule has 2 heterocycles. The predicted molar refractivity (Wildman–Crippen MR) is 86.8 cm³/mol. The Labute approximate surface area is 130 Å². The van der Waals surface area contributed by atoms with Crippen molar-refractivity contribution in [2.24, 2.45) is 0 Å². The van der Waals surface area contributed by atoms with Gasteiger partial charge in [-0.05, 0) is 32.0 Å². The lowest BCUT2D eigenvalue weighted by molar-refractivity contribution is 0.0378. The fraction of sp³-hybridized carbons (Fsp3) is 0.471. The van der Waals surface area contributed by atoms with Crippen LogP contribution in [0.25, 0.3) is 10.9 Å². The van der Waals surface area contributed by atoms with Gasteiger partial charge in [0.05, 0.1) is 13.2 Å². The van der Waals surface area contributed by atoms with E-state index in [9.17, 15) is 4.39 Å². The molecular weight excluding hydrogens is 281 g/mol. The normalized spacial score (nSPS) is 16.1. The maximum atomic E-state index is 13.9. The Kier molecular flexibility index (Phi) is 4.85. The number of pyridine rings is 1. The summed E-state index contributed by atoms with van der Waals surface area (Å²) in [6, 6.07) is 7.08. The lowest BCUT2D eigenvalue weighted by Crippen LogP contribution is -2.37. The third-order valence-electron chi connectivity index (χ3n) is 3.99. The molecule has 0 atom stereocenters. The summed E-state index contributed by atoms with van der Waals surface area (Å²) in [5.41, 5.74) is 2.23. The second-order valence-corrected chi connectivity index (χ2v) is 5.68. The molecule has 22 heavy (non-hydrogen) atoms. The molecule has 0 amide bonds. The minimum absolute atomic E-state index is 0.266. The van der Waals surface area contributed by atoms with E-state index in [2.05, 4.69) is 15.2 Å². The molecule has 0 radical (unpaired) electrons. The van der Waals surface area contributed by atoms with Gasteiger partial charge in [0.25, 0.3) is 0 Å². The molecule has 1 aliphatic rings. The van der Waals surface area contributed by atoms with Crippen molar-refractivity contribution >= 4 is 16.6 Å². The zero-order chi connectivity index (χ0) is 15.4. The summed E-state index contributed by atoms with van der Waals surface area (Å²) in [5.74, 6) is -0.266. The van der Waals surface area contributed by atoms with Crippen LogP contribution in [0.1, 0.15) is 12.1 Å². The van der Waals surface area contributed by atoms with Gasteiger partial charge in [-0.15, -0.1) is 0 Å². The molecule has 1 fully saturated rings. The molecule has 2 aromatic rings. The van der Waals surface area contributed by atoms with Crippen molar-refractivity contribution in [3.8, 4) is 0 Å². The third kappa shape index (κ3) is 3.54. The van der Waals surface area contributed by atoms with Gasteiger partial charge < -0.3 is 10.1 Å². The van der Waals surface area contributed by atoms with Crippen LogP contribution < -0.4 is 5.32 Å². The van der Waals surface area contributed by atoms with Crippen molar-refractivity contribution in [3.05, 3.63) is 35.8 Å². The number of rotatable bonds is 5. The number of nitrogens with zero attached hydrogens (tertiary/aromatic N) is 2. The molecule has 0 aliphatic carbocycles. The number of hydrogen-bond acceptors (Lipinski definition) is 4. The monoisotopic (exact) mass is 303 g/mol. The Bertz CT molecular complexity index is 641. The zero-order valence-electron chi connectivity index (χ0n) is 12.9. The Hall–Kier alpha value is -1.72. The van der Waals surface area contributed by atoms with Gasteiger partial charge in [-0.3, -0.25) is 4.90 Å². The van der Waals surface area contributed by atoms with Crippen LogP contribution in [-0.4, -0.2) is 49.3 Å². The summed E-state index contributed by atoms with van der Waals surface area (Å²) in [4.78, 5) is 6.72. The second-order valence-electron chi connectivity index (χ2n) is 5.68. The fourth-order valence-corrected chi connectivity index (χ4v) is 2.84. The van der Waals surface area contributed by atoms with Crippen molar-refractivity contribution in [1.29, 1.82) is 0 Å². The Morgan fingerprint density at radius 3 is 2.95 bits per heavy atom. The van der Waals surface area contributed by atoms with Gasteiger partial charge in [0.15, 0.2) is 0 Å². The number of aryl methyl sites for hydroxylation is 1. The van der Waals surface area contributed by atoms with Crippen LogP contribution in [0, 0.1) is 12.7 Å². The number of aromatic nitrogens is 1. The lowest BCUT2D eigenvalue weighted by Gasteiger charge is -2.26. The van der Waals surface area contributed by atoms with Crippen LogP contribution in [0.3, 0.4) is 0 Å². The topological polar surface area (TPSA) is 37.4 Å². The highest BCUT2D eigenvalue weighted by Crippen LogP contribution is 2.24. The zero-order valence-corrected chi connectivity index (χ0v) is 12.9. The summed E-state index contributed by atoms with van der Waals surface area (Å²) in [7, 11) is 0. The Balaban J connectivity index is 1.62. The Morgan fingerprint density at radius 2 is 2.14 bits per heavy atom. The summed E-state index contributed by atoms with van der Waals surface area (Å²) >= 11 is 0. The minimum atomic E-state index is -0.266. The maximum Gasteiger partial charge on any atom is 0.149 e. The highest BCUT2D eigenvalue weighted by molar-refractivity contribution is 5.91. The maximum absolute atomic E-state index is 13.9. The van der Waals surface area contributed by atoms with Crippen molar-refractivity contribution in [2.45, 2.75) is 13.3 Å². The molecule has 5 heteroatoms. The average Bonchev–Trinajstić information content (AvgIpc) is 2.53. The molecule has 1 aliphatic heterocycles. The molecule has 1 N–H and O–H groups in total. The molecule has 118 valence electrons. The van der Waals surface area contributed by atoms with Crippen molar-refractivity contribution in [1.82, 2.24) is 9.88 Å². The number of morpholine rings is 1. The smallest absolute Gasteiger partial charge is 0.149 e. The highest BCUT2D eigenvalue weighted by Gasteiger charge is 2.10. The highest BCUT2D eigenvalue weighted by atomic mass is 19.1. The van der Waals surface area contributed by atoms with E-state index in [1.165, 1.54) is 6.07 Å². The first-order chi connectivity index (χ1) is 10.7. The molecule has 0 spiro atoms. The summed E-state index contributed by atoms with van der Waals surface area (Å²) in [6.45, 7) is 7.52. The molecule has 4 nitrogen and oxygen atoms in total.